The molecule has 1 aromatic carbocycles. The second kappa shape index (κ2) is 9.90. The number of hydrogen-bond donors (Lipinski definition) is 1. The molecular formula is C24H35N5O3. The zero-order valence-corrected chi connectivity index (χ0v) is 19.3. The standard InChI is InChI=1S/C24H35N5O3/c1-26(2)15-11-25-22(30)17-29-21-16-18(23(31)27-12-5-3-6-13-27)9-10-19(21)28-14-7-4-8-20(28)24(29)32/h9-10,16,20H,3-8,11-15,17H2,1-2H3,(H,25,30)/t20-/m1/s1. The third kappa shape index (κ3) is 4.75. The van der Waals surface area contributed by atoms with Gasteiger partial charge in [0, 0.05) is 38.3 Å². The summed E-state index contributed by atoms with van der Waals surface area (Å²) in [4.78, 5) is 46.9. The number of nitrogens with one attached hydrogen (secondary N) is 1. The van der Waals surface area contributed by atoms with Crippen LogP contribution in [0.5, 0.6) is 0 Å². The molecule has 0 radical (unpaired) electrons. The lowest BCUT2D eigenvalue weighted by Gasteiger charge is -2.45. The highest BCUT2D eigenvalue weighted by Crippen LogP contribution is 2.40. The van der Waals surface area contributed by atoms with Crippen molar-refractivity contribution in [1.82, 2.24) is 15.1 Å². The van der Waals surface area contributed by atoms with Gasteiger partial charge in [0.15, 0.2) is 0 Å². The number of nitrogens with zero attached hydrogens (tertiary/aromatic N) is 4. The number of likely N-dealkylation sites (tertiary alicyclic amines) is 1. The average molecular weight is 442 g/mol. The summed E-state index contributed by atoms with van der Waals surface area (Å²) in [6.45, 7) is 3.63. The maximum absolute atomic E-state index is 13.4. The fourth-order valence-electron chi connectivity index (χ4n) is 4.95. The normalized spacial score (nSPS) is 20.8. The molecule has 0 unspecified atom stereocenters. The Morgan fingerprint density at radius 2 is 1.78 bits per heavy atom. The van der Waals surface area contributed by atoms with Gasteiger partial charge in [-0.1, -0.05) is 0 Å². The lowest BCUT2D eigenvalue weighted by Crippen LogP contribution is -2.57. The SMILES string of the molecule is CN(C)CCNC(=O)CN1C(=O)[C@H]2CCCCN2c2ccc(C(=O)N3CCCCC3)cc21. The highest BCUT2D eigenvalue weighted by Gasteiger charge is 2.40. The first-order valence-electron chi connectivity index (χ1n) is 11.9. The molecule has 4 rings (SSSR count). The van der Waals surface area contributed by atoms with Crippen molar-refractivity contribution in [1.29, 1.82) is 0 Å². The van der Waals surface area contributed by atoms with E-state index in [4.69, 9.17) is 0 Å². The molecule has 3 amide bonds. The minimum absolute atomic E-state index is 0.0103. The van der Waals surface area contributed by atoms with Crippen LogP contribution in [0.2, 0.25) is 0 Å². The zero-order chi connectivity index (χ0) is 22.7. The highest BCUT2D eigenvalue weighted by atomic mass is 16.2. The molecule has 3 heterocycles. The van der Waals surface area contributed by atoms with Crippen LogP contribution in [0, 0.1) is 0 Å². The Labute approximate surface area is 190 Å². The Bertz CT molecular complexity index is 865. The molecular weight excluding hydrogens is 406 g/mol. The molecule has 8 heteroatoms. The number of piperidine rings is 2. The number of likely N-dealkylation sites (N-methyl/N-ethyl adjacent to an activating group) is 1. The van der Waals surface area contributed by atoms with E-state index in [1.807, 2.05) is 42.1 Å². The molecule has 8 nitrogen and oxygen atoms in total. The fraction of sp³-hybridized carbons (Fsp3) is 0.625. The van der Waals surface area contributed by atoms with E-state index in [1.165, 1.54) is 0 Å². The van der Waals surface area contributed by atoms with Crippen molar-refractivity contribution in [2.24, 2.45) is 0 Å². The Kier molecular flexibility index (Phi) is 6.98. The number of carbonyl (C=O) groups is 3. The van der Waals surface area contributed by atoms with Gasteiger partial charge in [0.25, 0.3) is 5.91 Å². The molecule has 0 saturated carbocycles. The highest BCUT2D eigenvalue weighted by molar-refractivity contribution is 6.09. The van der Waals surface area contributed by atoms with Gasteiger partial charge >= 0.3 is 0 Å². The summed E-state index contributed by atoms with van der Waals surface area (Å²) in [7, 11) is 3.91. The molecule has 1 aromatic rings. The largest absolute Gasteiger partial charge is 0.358 e. The van der Waals surface area contributed by atoms with Crippen molar-refractivity contribution in [3.63, 3.8) is 0 Å². The summed E-state index contributed by atoms with van der Waals surface area (Å²) in [6, 6.07) is 5.44. The molecule has 0 bridgehead atoms. The molecule has 1 atom stereocenters. The Morgan fingerprint density at radius 3 is 2.53 bits per heavy atom. The van der Waals surface area contributed by atoms with Gasteiger partial charge in [-0.15, -0.1) is 0 Å². The maximum atomic E-state index is 13.4. The maximum Gasteiger partial charge on any atom is 0.253 e. The van der Waals surface area contributed by atoms with E-state index >= 15 is 0 Å². The van der Waals surface area contributed by atoms with E-state index in [0.29, 0.717) is 17.8 Å². The van der Waals surface area contributed by atoms with Crippen molar-refractivity contribution < 1.29 is 14.4 Å². The van der Waals surface area contributed by atoms with Crippen molar-refractivity contribution in [2.75, 3.05) is 63.2 Å². The van der Waals surface area contributed by atoms with Crippen molar-refractivity contribution in [2.45, 2.75) is 44.6 Å². The van der Waals surface area contributed by atoms with Crippen LogP contribution < -0.4 is 15.1 Å². The van der Waals surface area contributed by atoms with Crippen LogP contribution in [-0.4, -0.2) is 86.9 Å². The molecule has 32 heavy (non-hydrogen) atoms. The number of rotatable bonds is 6. The number of fused-ring (bicyclic) bond motifs is 3. The minimum atomic E-state index is -0.227. The topological polar surface area (TPSA) is 76.2 Å². The van der Waals surface area contributed by atoms with Crippen molar-refractivity contribution in [3.05, 3.63) is 23.8 Å². The smallest absolute Gasteiger partial charge is 0.253 e. The van der Waals surface area contributed by atoms with E-state index in [2.05, 4.69) is 10.2 Å². The quantitative estimate of drug-likeness (QED) is 0.727. The predicted molar refractivity (Wildman–Crippen MR) is 125 cm³/mol. The van der Waals surface area contributed by atoms with E-state index in [9.17, 15) is 14.4 Å². The van der Waals surface area contributed by atoms with Crippen LogP contribution in [0.1, 0.15) is 48.9 Å². The first-order chi connectivity index (χ1) is 15.5. The van der Waals surface area contributed by atoms with Gasteiger partial charge in [-0.2, -0.15) is 0 Å². The van der Waals surface area contributed by atoms with Gasteiger partial charge in [0.2, 0.25) is 11.8 Å². The van der Waals surface area contributed by atoms with Gasteiger partial charge in [-0.3, -0.25) is 19.3 Å². The van der Waals surface area contributed by atoms with E-state index in [1.54, 1.807) is 4.90 Å². The zero-order valence-electron chi connectivity index (χ0n) is 19.3. The van der Waals surface area contributed by atoms with E-state index < -0.39 is 0 Å². The summed E-state index contributed by atoms with van der Waals surface area (Å²) in [5, 5.41) is 2.91. The van der Waals surface area contributed by atoms with Crippen LogP contribution in [0.15, 0.2) is 18.2 Å². The van der Waals surface area contributed by atoms with Gasteiger partial charge in [0.1, 0.15) is 12.6 Å². The van der Waals surface area contributed by atoms with Gasteiger partial charge in [0.05, 0.1) is 11.4 Å². The Hall–Kier alpha value is -2.61. The average Bonchev–Trinajstić information content (AvgIpc) is 2.81. The molecule has 0 aliphatic carbocycles. The van der Waals surface area contributed by atoms with Crippen LogP contribution in [0.3, 0.4) is 0 Å². The molecule has 0 spiro atoms. The predicted octanol–water partition coefficient (Wildman–Crippen LogP) is 1.70. The number of carbonyl (C=O) groups excluding carboxylic acids is 3. The molecule has 3 aliphatic rings. The molecule has 3 aliphatic heterocycles. The lowest BCUT2D eigenvalue weighted by atomic mass is 9.95. The fourth-order valence-corrected chi connectivity index (χ4v) is 4.95. The first-order valence-corrected chi connectivity index (χ1v) is 11.9. The summed E-state index contributed by atoms with van der Waals surface area (Å²) in [5.41, 5.74) is 2.22. The third-order valence-electron chi connectivity index (χ3n) is 6.70. The number of hydrogen-bond acceptors (Lipinski definition) is 5. The van der Waals surface area contributed by atoms with Crippen LogP contribution in [0.25, 0.3) is 0 Å². The van der Waals surface area contributed by atoms with Gasteiger partial charge in [-0.25, -0.2) is 0 Å². The summed E-state index contributed by atoms with van der Waals surface area (Å²) in [5.74, 6) is -0.207. The van der Waals surface area contributed by atoms with Crippen LogP contribution >= 0.6 is 0 Å². The number of anilines is 2. The summed E-state index contributed by atoms with van der Waals surface area (Å²) in [6.07, 6.45) is 6.08. The number of benzene rings is 1. The molecule has 2 saturated heterocycles. The molecule has 1 N–H and O–H groups in total. The van der Waals surface area contributed by atoms with Crippen LogP contribution in [-0.2, 0) is 9.59 Å². The summed E-state index contributed by atoms with van der Waals surface area (Å²) >= 11 is 0. The summed E-state index contributed by atoms with van der Waals surface area (Å²) < 4.78 is 0. The Balaban J connectivity index is 1.60. The monoisotopic (exact) mass is 441 g/mol. The second-order valence-electron chi connectivity index (χ2n) is 9.34. The minimum Gasteiger partial charge on any atom is -0.358 e. The second-order valence-corrected chi connectivity index (χ2v) is 9.34. The molecule has 2 fully saturated rings. The Morgan fingerprint density at radius 1 is 1.03 bits per heavy atom. The van der Waals surface area contributed by atoms with Gasteiger partial charge < -0.3 is 20.0 Å². The molecule has 174 valence electrons. The van der Waals surface area contributed by atoms with Crippen molar-refractivity contribution in [3.8, 4) is 0 Å². The van der Waals surface area contributed by atoms with E-state index in [0.717, 1.165) is 70.4 Å². The van der Waals surface area contributed by atoms with Crippen LogP contribution in [0.4, 0.5) is 11.4 Å². The molecule has 0 aromatic heterocycles. The number of amides is 3. The third-order valence-corrected chi connectivity index (χ3v) is 6.70. The lowest BCUT2D eigenvalue weighted by molar-refractivity contribution is -0.125. The van der Waals surface area contributed by atoms with Gasteiger partial charge in [-0.05, 0) is 70.8 Å². The van der Waals surface area contributed by atoms with Crippen molar-refractivity contribution >= 4 is 29.1 Å². The van der Waals surface area contributed by atoms with E-state index in [-0.39, 0.29) is 30.3 Å². The first kappa shape index (κ1) is 22.6.